The molecule has 0 amide bonds. The van der Waals surface area contributed by atoms with Crippen LogP contribution >= 0.6 is 0 Å². The lowest BCUT2D eigenvalue weighted by Gasteiger charge is -2.03. The molecule has 0 nitrogen and oxygen atoms in total. The minimum atomic E-state index is 1.12. The van der Waals surface area contributed by atoms with E-state index in [1.54, 1.807) is 0 Å². The van der Waals surface area contributed by atoms with Crippen molar-refractivity contribution in [3.05, 3.63) is 191 Å². The second-order valence-electron chi connectivity index (χ2n) is 8.27. The van der Waals surface area contributed by atoms with Crippen LogP contribution < -0.4 is 0 Å². The van der Waals surface area contributed by atoms with Crippen LogP contribution in [-0.2, 0) is 0 Å². The second-order valence-corrected chi connectivity index (χ2v) is 8.27. The molecule has 0 unspecified atom stereocenters. The van der Waals surface area contributed by atoms with E-state index in [0.29, 0.717) is 0 Å². The molecule has 174 valence electrons. The maximum Gasteiger partial charge on any atom is -0.0184 e. The summed E-state index contributed by atoms with van der Waals surface area (Å²) in [6, 6.07) is 41.6. The van der Waals surface area contributed by atoms with Crippen molar-refractivity contribution in [3.8, 4) is 0 Å². The molecular formula is C36H30. The Bertz CT molecular complexity index is 1310. The molecular weight excluding hydrogens is 432 g/mol. The monoisotopic (exact) mass is 462 g/mol. The first kappa shape index (κ1) is 24.4. The van der Waals surface area contributed by atoms with Gasteiger partial charge in [-0.05, 0) is 33.4 Å². The van der Waals surface area contributed by atoms with Gasteiger partial charge in [0.1, 0.15) is 0 Å². The summed E-state index contributed by atoms with van der Waals surface area (Å²) in [5.41, 5.74) is 6.93. The zero-order chi connectivity index (χ0) is 24.7. The molecule has 0 fully saturated rings. The largest absolute Gasteiger partial charge is 0.0622 e. The number of benzene rings is 4. The van der Waals surface area contributed by atoms with Crippen LogP contribution in [0.15, 0.2) is 169 Å². The van der Waals surface area contributed by atoms with Crippen LogP contribution in [0.1, 0.15) is 22.3 Å². The average Bonchev–Trinajstić information content (AvgIpc) is 2.95. The molecule has 0 spiro atoms. The summed E-state index contributed by atoms with van der Waals surface area (Å²) >= 11 is 0. The van der Waals surface area contributed by atoms with Crippen LogP contribution in [0.4, 0.5) is 0 Å². The summed E-state index contributed by atoms with van der Waals surface area (Å²) in [4.78, 5) is 0. The highest BCUT2D eigenvalue weighted by Crippen LogP contribution is 2.18. The molecule has 0 radical (unpaired) electrons. The normalized spacial score (nSPS) is 11.9. The van der Waals surface area contributed by atoms with E-state index < -0.39 is 0 Å². The summed E-state index contributed by atoms with van der Waals surface area (Å²) in [5.74, 6) is 0. The van der Waals surface area contributed by atoms with Gasteiger partial charge in [-0.3, -0.25) is 0 Å². The van der Waals surface area contributed by atoms with Gasteiger partial charge < -0.3 is 0 Å². The first-order valence-corrected chi connectivity index (χ1v) is 12.2. The SMILES string of the molecule is C(/C=C/c1ccccc1)=C\C(/C=C/c1ccccc1)=C(/C=C/c1ccccc1)/C=C/c1ccccc1. The molecule has 4 aromatic carbocycles. The van der Waals surface area contributed by atoms with Crippen molar-refractivity contribution in [1.82, 2.24) is 0 Å². The van der Waals surface area contributed by atoms with E-state index in [2.05, 4.69) is 158 Å². The number of hydrogen-bond donors (Lipinski definition) is 0. The third kappa shape index (κ3) is 8.27. The molecule has 0 aliphatic carbocycles. The van der Waals surface area contributed by atoms with Crippen LogP contribution in [0.5, 0.6) is 0 Å². The molecule has 0 aliphatic heterocycles. The first-order valence-electron chi connectivity index (χ1n) is 12.2. The molecule has 0 heteroatoms. The zero-order valence-electron chi connectivity index (χ0n) is 20.3. The van der Waals surface area contributed by atoms with Gasteiger partial charge in [0.05, 0.1) is 0 Å². The Balaban J connectivity index is 1.73. The van der Waals surface area contributed by atoms with Crippen LogP contribution in [0.2, 0.25) is 0 Å². The molecule has 0 saturated heterocycles. The van der Waals surface area contributed by atoms with E-state index in [1.165, 1.54) is 22.3 Å². The topological polar surface area (TPSA) is 0 Å². The molecule has 0 N–H and O–H groups in total. The quantitative estimate of drug-likeness (QED) is 0.217. The number of hydrogen-bond acceptors (Lipinski definition) is 0. The zero-order valence-corrected chi connectivity index (χ0v) is 20.3. The van der Waals surface area contributed by atoms with Gasteiger partial charge in [-0.15, -0.1) is 0 Å². The van der Waals surface area contributed by atoms with Gasteiger partial charge in [0.15, 0.2) is 0 Å². The smallest absolute Gasteiger partial charge is 0.0184 e. The molecule has 4 aromatic rings. The minimum Gasteiger partial charge on any atom is -0.0622 e. The van der Waals surface area contributed by atoms with E-state index in [9.17, 15) is 0 Å². The third-order valence-corrected chi connectivity index (χ3v) is 5.57. The fourth-order valence-corrected chi connectivity index (χ4v) is 3.64. The van der Waals surface area contributed by atoms with Crippen molar-refractivity contribution in [2.45, 2.75) is 0 Å². The standard InChI is InChI=1S/C36H30/c1-5-15-31(16-6-1)23-13-14-24-35(28-25-32-17-7-2-8-18-32)36(29-26-33-19-9-3-10-20-33)30-27-34-21-11-4-12-22-34/h1-30H/b23-13+,24-14+,28-25+,29-26+,30-27+. The van der Waals surface area contributed by atoms with Crippen molar-refractivity contribution in [3.63, 3.8) is 0 Å². The van der Waals surface area contributed by atoms with Gasteiger partial charge in [0.2, 0.25) is 0 Å². The van der Waals surface area contributed by atoms with Crippen molar-refractivity contribution in [2.24, 2.45) is 0 Å². The Morgan fingerprint density at radius 3 is 0.972 bits per heavy atom. The minimum absolute atomic E-state index is 1.12. The van der Waals surface area contributed by atoms with E-state index in [-0.39, 0.29) is 0 Å². The van der Waals surface area contributed by atoms with E-state index >= 15 is 0 Å². The average molecular weight is 463 g/mol. The number of rotatable bonds is 9. The lowest BCUT2D eigenvalue weighted by molar-refractivity contribution is 1.56. The fraction of sp³-hybridized carbons (Fsp3) is 0. The van der Waals surface area contributed by atoms with Gasteiger partial charge in [-0.25, -0.2) is 0 Å². The van der Waals surface area contributed by atoms with Crippen molar-refractivity contribution < 1.29 is 0 Å². The second kappa shape index (κ2) is 13.9. The lowest BCUT2D eigenvalue weighted by atomic mass is 10.0. The summed E-state index contributed by atoms with van der Waals surface area (Å²) in [6.45, 7) is 0. The molecule has 0 saturated carbocycles. The maximum atomic E-state index is 2.19. The fourth-order valence-electron chi connectivity index (χ4n) is 3.64. The van der Waals surface area contributed by atoms with Gasteiger partial charge in [-0.2, -0.15) is 0 Å². The Hall–Kier alpha value is -4.68. The Labute approximate surface area is 215 Å². The number of allylic oxidation sites excluding steroid dienone is 8. The van der Waals surface area contributed by atoms with Crippen molar-refractivity contribution >= 4 is 24.3 Å². The molecule has 4 rings (SSSR count). The predicted molar refractivity (Wildman–Crippen MR) is 158 cm³/mol. The summed E-state index contributed by atoms with van der Waals surface area (Å²) in [7, 11) is 0. The van der Waals surface area contributed by atoms with Crippen LogP contribution in [0.3, 0.4) is 0 Å². The van der Waals surface area contributed by atoms with Gasteiger partial charge >= 0.3 is 0 Å². The van der Waals surface area contributed by atoms with Crippen LogP contribution in [-0.4, -0.2) is 0 Å². The highest BCUT2D eigenvalue weighted by Gasteiger charge is 1.97. The van der Waals surface area contributed by atoms with E-state index in [4.69, 9.17) is 0 Å². The van der Waals surface area contributed by atoms with Gasteiger partial charge in [0.25, 0.3) is 0 Å². The molecule has 0 atom stereocenters. The Morgan fingerprint density at radius 2 is 0.611 bits per heavy atom. The van der Waals surface area contributed by atoms with E-state index in [0.717, 1.165) is 11.1 Å². The molecule has 0 aromatic heterocycles. The molecule has 0 heterocycles. The highest BCUT2D eigenvalue weighted by molar-refractivity contribution is 5.66. The van der Waals surface area contributed by atoms with Gasteiger partial charge in [-0.1, -0.05) is 182 Å². The summed E-state index contributed by atoms with van der Waals surface area (Å²) in [5, 5.41) is 0. The summed E-state index contributed by atoms with van der Waals surface area (Å²) in [6.07, 6.45) is 21.5. The Morgan fingerprint density at radius 1 is 0.306 bits per heavy atom. The highest BCUT2D eigenvalue weighted by atomic mass is 14.0. The van der Waals surface area contributed by atoms with Crippen molar-refractivity contribution in [2.75, 3.05) is 0 Å². The predicted octanol–water partition coefficient (Wildman–Crippen LogP) is 9.69. The van der Waals surface area contributed by atoms with Crippen molar-refractivity contribution in [1.29, 1.82) is 0 Å². The summed E-state index contributed by atoms with van der Waals surface area (Å²) < 4.78 is 0. The molecule has 0 bridgehead atoms. The maximum absolute atomic E-state index is 2.19. The van der Waals surface area contributed by atoms with Crippen LogP contribution in [0.25, 0.3) is 24.3 Å². The van der Waals surface area contributed by atoms with E-state index in [1.807, 2.05) is 24.3 Å². The lowest BCUT2D eigenvalue weighted by Crippen LogP contribution is -1.83. The molecule has 0 aliphatic rings. The third-order valence-electron chi connectivity index (χ3n) is 5.57. The van der Waals surface area contributed by atoms with Crippen LogP contribution in [0, 0.1) is 0 Å². The first-order chi connectivity index (χ1) is 17.9. The Kier molecular flexibility index (Phi) is 9.43. The molecule has 36 heavy (non-hydrogen) atoms. The van der Waals surface area contributed by atoms with Gasteiger partial charge in [0, 0.05) is 0 Å².